The van der Waals surface area contributed by atoms with Crippen LogP contribution in [0.2, 0.25) is 0 Å². The van der Waals surface area contributed by atoms with Crippen LogP contribution < -0.4 is 0 Å². The van der Waals surface area contributed by atoms with E-state index in [4.69, 9.17) is 0 Å². The van der Waals surface area contributed by atoms with Gasteiger partial charge in [0.2, 0.25) is 0 Å². The van der Waals surface area contributed by atoms with Crippen molar-refractivity contribution in [3.63, 3.8) is 0 Å². The number of carbonyl (C=O) groups is 1. The summed E-state index contributed by atoms with van der Waals surface area (Å²) in [7, 11) is 0. The number of hydrogen-bond donors (Lipinski definition) is 0. The zero-order chi connectivity index (χ0) is 9.14. The maximum absolute atomic E-state index is 11.3. The Morgan fingerprint density at radius 1 is 1.67 bits per heavy atom. The number of aromatic nitrogens is 2. The van der Waals surface area contributed by atoms with Crippen LogP contribution >= 0.6 is 0 Å². The third-order valence-electron chi connectivity index (χ3n) is 1.77. The van der Waals surface area contributed by atoms with Gasteiger partial charge in [0, 0.05) is 18.7 Å². The van der Waals surface area contributed by atoms with Crippen molar-refractivity contribution in [3.8, 4) is 0 Å². The predicted molar refractivity (Wildman–Crippen MR) is 47.2 cm³/mol. The summed E-state index contributed by atoms with van der Waals surface area (Å²) in [6.45, 7) is 5.89. The quantitative estimate of drug-likeness (QED) is 0.644. The van der Waals surface area contributed by atoms with Crippen molar-refractivity contribution >= 4 is 5.78 Å². The van der Waals surface area contributed by atoms with E-state index in [1.165, 1.54) is 0 Å². The maximum Gasteiger partial charge on any atom is 0.180 e. The highest BCUT2D eigenvalue weighted by molar-refractivity contribution is 5.94. The molecule has 66 valence electrons. The van der Waals surface area contributed by atoms with Gasteiger partial charge in [0.25, 0.3) is 0 Å². The number of carbonyl (C=O) groups excluding carboxylic acids is 1. The van der Waals surface area contributed by atoms with Gasteiger partial charge in [0.15, 0.2) is 5.78 Å². The summed E-state index contributed by atoms with van der Waals surface area (Å²) in [6, 6.07) is 2.02. The Morgan fingerprint density at radius 3 is 2.83 bits per heavy atom. The topological polar surface area (TPSA) is 34.9 Å². The van der Waals surface area contributed by atoms with Crippen LogP contribution in [0.5, 0.6) is 0 Å². The number of hydrogen-bond acceptors (Lipinski definition) is 2. The minimum absolute atomic E-state index is 0.154. The van der Waals surface area contributed by atoms with Gasteiger partial charge in [-0.2, -0.15) is 5.10 Å². The molecule has 0 N–H and O–H groups in total. The molecule has 0 amide bonds. The lowest BCUT2D eigenvalue weighted by atomic mass is 10.2. The zero-order valence-electron chi connectivity index (χ0n) is 7.74. The van der Waals surface area contributed by atoms with E-state index in [0.717, 1.165) is 0 Å². The van der Waals surface area contributed by atoms with E-state index < -0.39 is 0 Å². The highest BCUT2D eigenvalue weighted by Crippen LogP contribution is 2.09. The van der Waals surface area contributed by atoms with Crippen LogP contribution in [0, 0.1) is 0 Å². The van der Waals surface area contributed by atoms with Gasteiger partial charge in [-0.05, 0) is 19.9 Å². The Morgan fingerprint density at radius 2 is 2.33 bits per heavy atom. The van der Waals surface area contributed by atoms with Crippen molar-refractivity contribution in [3.05, 3.63) is 18.0 Å². The lowest BCUT2D eigenvalue weighted by Gasteiger charge is -2.08. The van der Waals surface area contributed by atoms with E-state index in [9.17, 15) is 4.79 Å². The molecular formula is C9H14N2O. The first kappa shape index (κ1) is 8.97. The molecule has 0 aliphatic carbocycles. The zero-order valence-corrected chi connectivity index (χ0v) is 7.74. The highest BCUT2D eigenvalue weighted by atomic mass is 16.1. The van der Waals surface area contributed by atoms with Gasteiger partial charge in [-0.1, -0.05) is 6.92 Å². The van der Waals surface area contributed by atoms with Crippen LogP contribution in [0.15, 0.2) is 12.3 Å². The minimum Gasteiger partial charge on any atom is -0.292 e. The molecule has 0 aliphatic heterocycles. The number of nitrogens with zero attached hydrogens (tertiary/aromatic N) is 2. The second-order valence-corrected chi connectivity index (χ2v) is 3.03. The summed E-state index contributed by atoms with van der Waals surface area (Å²) in [6.07, 6.45) is 2.21. The molecule has 0 saturated carbocycles. The van der Waals surface area contributed by atoms with Crippen LogP contribution in [0.1, 0.15) is 43.7 Å². The summed E-state index contributed by atoms with van der Waals surface area (Å²) in [4.78, 5) is 11.3. The Balaban J connectivity index is 2.99. The third kappa shape index (κ3) is 1.55. The second-order valence-electron chi connectivity index (χ2n) is 3.03. The molecule has 0 spiro atoms. The van der Waals surface area contributed by atoms with E-state index >= 15 is 0 Å². The van der Waals surface area contributed by atoms with Gasteiger partial charge in [0.1, 0.15) is 5.69 Å². The molecule has 3 heteroatoms. The Hall–Kier alpha value is -1.12. The van der Waals surface area contributed by atoms with E-state index in [-0.39, 0.29) is 11.8 Å². The van der Waals surface area contributed by atoms with Crippen LogP contribution in [-0.4, -0.2) is 15.6 Å². The lowest BCUT2D eigenvalue weighted by molar-refractivity contribution is 0.0976. The fourth-order valence-corrected chi connectivity index (χ4v) is 1.13. The molecule has 0 aromatic carbocycles. The van der Waals surface area contributed by atoms with Gasteiger partial charge >= 0.3 is 0 Å². The van der Waals surface area contributed by atoms with E-state index in [0.29, 0.717) is 12.1 Å². The average Bonchev–Trinajstić information content (AvgIpc) is 2.50. The van der Waals surface area contributed by atoms with Gasteiger partial charge in [-0.25, -0.2) is 0 Å². The van der Waals surface area contributed by atoms with Crippen molar-refractivity contribution in [2.75, 3.05) is 0 Å². The van der Waals surface area contributed by atoms with Gasteiger partial charge in [-0.15, -0.1) is 0 Å². The number of ketones is 1. The summed E-state index contributed by atoms with van der Waals surface area (Å²) in [5.74, 6) is 0.154. The third-order valence-corrected chi connectivity index (χ3v) is 1.77. The van der Waals surface area contributed by atoms with Crippen molar-refractivity contribution in [1.82, 2.24) is 9.78 Å². The van der Waals surface area contributed by atoms with Crippen molar-refractivity contribution in [1.29, 1.82) is 0 Å². The van der Waals surface area contributed by atoms with E-state index in [1.807, 2.05) is 20.8 Å². The maximum atomic E-state index is 11.3. The molecule has 1 rings (SSSR count). The second kappa shape index (κ2) is 3.52. The molecule has 1 heterocycles. The fourth-order valence-electron chi connectivity index (χ4n) is 1.13. The molecule has 1 aromatic heterocycles. The Bertz CT molecular complexity index is 276. The molecular weight excluding hydrogens is 152 g/mol. The molecule has 0 bridgehead atoms. The van der Waals surface area contributed by atoms with Crippen LogP contribution in [0.4, 0.5) is 0 Å². The van der Waals surface area contributed by atoms with Crippen molar-refractivity contribution in [2.24, 2.45) is 0 Å². The van der Waals surface area contributed by atoms with Gasteiger partial charge < -0.3 is 0 Å². The molecule has 0 atom stereocenters. The monoisotopic (exact) mass is 166 g/mol. The summed E-state index contributed by atoms with van der Waals surface area (Å²) < 4.78 is 1.76. The fraction of sp³-hybridized carbons (Fsp3) is 0.556. The van der Waals surface area contributed by atoms with Crippen LogP contribution in [0.3, 0.4) is 0 Å². The molecule has 0 saturated heterocycles. The first-order valence-corrected chi connectivity index (χ1v) is 4.23. The first-order chi connectivity index (χ1) is 5.66. The Labute approximate surface area is 72.4 Å². The first-order valence-electron chi connectivity index (χ1n) is 4.23. The van der Waals surface area contributed by atoms with Gasteiger partial charge in [0.05, 0.1) is 0 Å². The predicted octanol–water partition coefficient (Wildman–Crippen LogP) is 2.06. The normalized spacial score (nSPS) is 10.7. The molecule has 1 aromatic rings. The number of Topliss-reactive ketones (excluding diaryl/α,β-unsaturated/α-hetero) is 1. The van der Waals surface area contributed by atoms with E-state index in [2.05, 4.69) is 5.10 Å². The molecule has 3 nitrogen and oxygen atoms in total. The summed E-state index contributed by atoms with van der Waals surface area (Å²) >= 11 is 0. The van der Waals surface area contributed by atoms with Gasteiger partial charge in [-0.3, -0.25) is 9.48 Å². The van der Waals surface area contributed by atoms with Crippen LogP contribution in [-0.2, 0) is 0 Å². The average molecular weight is 166 g/mol. The summed E-state index contributed by atoms with van der Waals surface area (Å²) in [5.41, 5.74) is 0.715. The molecule has 12 heavy (non-hydrogen) atoms. The molecule has 0 unspecified atom stereocenters. The minimum atomic E-state index is 0.154. The van der Waals surface area contributed by atoms with Crippen molar-refractivity contribution in [2.45, 2.75) is 33.2 Å². The SMILES string of the molecule is CCC(=O)c1ccnn1C(C)C. The molecule has 0 radical (unpaired) electrons. The lowest BCUT2D eigenvalue weighted by Crippen LogP contribution is -2.11. The van der Waals surface area contributed by atoms with Crippen molar-refractivity contribution < 1.29 is 4.79 Å². The Kier molecular flexibility index (Phi) is 2.63. The largest absolute Gasteiger partial charge is 0.292 e. The highest BCUT2D eigenvalue weighted by Gasteiger charge is 2.11. The molecule has 0 fully saturated rings. The van der Waals surface area contributed by atoms with Crippen LogP contribution in [0.25, 0.3) is 0 Å². The van der Waals surface area contributed by atoms with E-state index in [1.54, 1.807) is 16.9 Å². The molecule has 0 aliphatic rings. The number of rotatable bonds is 3. The smallest absolute Gasteiger partial charge is 0.180 e. The standard InChI is InChI=1S/C9H14N2O/c1-4-9(12)8-5-6-10-11(8)7(2)3/h5-7H,4H2,1-3H3. The summed E-state index contributed by atoms with van der Waals surface area (Å²) in [5, 5.41) is 4.08.